The van der Waals surface area contributed by atoms with Crippen molar-refractivity contribution in [2.24, 2.45) is 0 Å². The Labute approximate surface area is 204 Å². The highest BCUT2D eigenvalue weighted by Crippen LogP contribution is 2.34. The van der Waals surface area contributed by atoms with Crippen molar-refractivity contribution in [3.8, 4) is 17.2 Å². The zero-order chi connectivity index (χ0) is 26.3. The molecule has 2 N–H and O–H groups in total. The van der Waals surface area contributed by atoms with Crippen LogP contribution in [0, 0.1) is 17.5 Å². The molecule has 0 amide bonds. The van der Waals surface area contributed by atoms with Crippen molar-refractivity contribution in [2.75, 3.05) is 26.2 Å². The molecule has 4 rings (SSSR count). The van der Waals surface area contributed by atoms with Crippen LogP contribution in [-0.4, -0.2) is 41.9 Å². The zero-order valence-corrected chi connectivity index (χ0v) is 19.8. The van der Waals surface area contributed by atoms with Crippen LogP contribution in [0.5, 0.6) is 11.5 Å². The SMILES string of the molecule is COc1cc(F)c(-n2c(=O)[nH]c3csc(C(=O)O)c3c2=O)cc1CN(C)c1c(OC)ccc(F)c1F. The van der Waals surface area contributed by atoms with Crippen molar-refractivity contribution < 1.29 is 32.5 Å². The van der Waals surface area contributed by atoms with Crippen LogP contribution in [-0.2, 0) is 6.54 Å². The lowest BCUT2D eigenvalue weighted by atomic mass is 10.1. The second-order valence-electron chi connectivity index (χ2n) is 7.61. The van der Waals surface area contributed by atoms with Crippen LogP contribution in [0.3, 0.4) is 0 Å². The number of methoxy groups -OCH3 is 2. The molecule has 13 heteroatoms. The Hall–Kier alpha value is -4.26. The molecule has 2 heterocycles. The summed E-state index contributed by atoms with van der Waals surface area (Å²) in [5.41, 5.74) is -2.52. The number of H-pyrrole nitrogens is 1. The summed E-state index contributed by atoms with van der Waals surface area (Å²) in [5.74, 6) is -4.63. The first kappa shape index (κ1) is 24.9. The number of carboxylic acid groups (broad SMARTS) is 1. The van der Waals surface area contributed by atoms with E-state index in [2.05, 4.69) is 4.98 Å². The van der Waals surface area contributed by atoms with Gasteiger partial charge >= 0.3 is 11.7 Å². The Morgan fingerprint density at radius 2 is 1.81 bits per heavy atom. The first-order chi connectivity index (χ1) is 17.1. The Bertz CT molecular complexity index is 1630. The first-order valence-corrected chi connectivity index (χ1v) is 11.1. The molecule has 2 aromatic carbocycles. The average molecular weight is 521 g/mol. The highest BCUT2D eigenvalue weighted by Gasteiger charge is 2.23. The average Bonchev–Trinajstić information content (AvgIpc) is 3.26. The van der Waals surface area contributed by atoms with Crippen LogP contribution < -0.4 is 25.6 Å². The predicted molar refractivity (Wildman–Crippen MR) is 127 cm³/mol. The van der Waals surface area contributed by atoms with Gasteiger partial charge in [0.05, 0.1) is 30.8 Å². The Balaban J connectivity index is 1.89. The smallest absolute Gasteiger partial charge is 0.346 e. The van der Waals surface area contributed by atoms with Gasteiger partial charge in [-0.1, -0.05) is 0 Å². The molecular formula is C23H18F3N3O6S. The minimum Gasteiger partial charge on any atom is -0.496 e. The number of ether oxygens (including phenoxy) is 2. The fourth-order valence-corrected chi connectivity index (χ4v) is 4.69. The van der Waals surface area contributed by atoms with E-state index < -0.39 is 40.4 Å². The number of anilines is 1. The Morgan fingerprint density at radius 3 is 2.44 bits per heavy atom. The number of hydrogen-bond acceptors (Lipinski definition) is 7. The molecule has 0 spiro atoms. The van der Waals surface area contributed by atoms with Gasteiger partial charge < -0.3 is 24.5 Å². The van der Waals surface area contributed by atoms with Gasteiger partial charge in [-0.05, 0) is 18.2 Å². The van der Waals surface area contributed by atoms with E-state index >= 15 is 4.39 Å². The molecule has 0 fully saturated rings. The standard InChI is InChI=1S/C23H18F3N3O6S/c1-28(19-15(34-2)5-4-11(24)18(19)26)8-10-6-14(12(25)7-16(10)35-3)29-21(30)17-13(27-23(29)33)9-36-20(17)22(31)32/h4-7,9H,8H2,1-3H3,(H,27,33)(H,31,32). The Morgan fingerprint density at radius 1 is 1.11 bits per heavy atom. The zero-order valence-electron chi connectivity index (χ0n) is 19.0. The summed E-state index contributed by atoms with van der Waals surface area (Å²) in [6, 6.07) is 4.22. The van der Waals surface area contributed by atoms with Gasteiger partial charge in [0.15, 0.2) is 17.5 Å². The lowest BCUT2D eigenvalue weighted by molar-refractivity contribution is 0.0704. The summed E-state index contributed by atoms with van der Waals surface area (Å²) >= 11 is 0.742. The van der Waals surface area contributed by atoms with Crippen molar-refractivity contribution in [3.63, 3.8) is 0 Å². The summed E-state index contributed by atoms with van der Waals surface area (Å²) in [4.78, 5) is 40.7. The van der Waals surface area contributed by atoms with Crippen LogP contribution >= 0.6 is 11.3 Å². The van der Waals surface area contributed by atoms with Crippen LogP contribution in [0.15, 0.2) is 39.2 Å². The molecule has 0 unspecified atom stereocenters. The number of aromatic carboxylic acids is 1. The van der Waals surface area contributed by atoms with Gasteiger partial charge in [0.2, 0.25) is 0 Å². The minimum atomic E-state index is -1.38. The van der Waals surface area contributed by atoms with Crippen LogP contribution in [0.25, 0.3) is 16.6 Å². The fourth-order valence-electron chi connectivity index (χ4n) is 3.86. The number of carbonyl (C=O) groups is 1. The van der Waals surface area contributed by atoms with Crippen molar-refractivity contribution in [2.45, 2.75) is 6.54 Å². The maximum absolute atomic E-state index is 15.1. The third kappa shape index (κ3) is 4.06. The number of thiophene rings is 1. The topological polar surface area (TPSA) is 114 Å². The lowest BCUT2D eigenvalue weighted by Gasteiger charge is -2.24. The molecule has 2 aromatic heterocycles. The number of carboxylic acids is 1. The predicted octanol–water partition coefficient (Wildman–Crippen LogP) is 3.51. The summed E-state index contributed by atoms with van der Waals surface area (Å²) in [6.07, 6.45) is 0. The number of benzene rings is 2. The molecule has 0 radical (unpaired) electrons. The Kier molecular flexibility index (Phi) is 6.50. The molecule has 0 aliphatic rings. The van der Waals surface area contributed by atoms with E-state index in [0.717, 1.165) is 29.5 Å². The van der Waals surface area contributed by atoms with Crippen molar-refractivity contribution in [1.82, 2.24) is 9.55 Å². The summed E-state index contributed by atoms with van der Waals surface area (Å²) in [6.45, 7) is -0.180. The molecule has 0 aliphatic carbocycles. The third-order valence-electron chi connectivity index (χ3n) is 5.48. The molecule has 0 saturated heterocycles. The fraction of sp³-hybridized carbons (Fsp3) is 0.174. The van der Waals surface area contributed by atoms with Crippen molar-refractivity contribution in [3.05, 3.63) is 78.4 Å². The molecular weight excluding hydrogens is 503 g/mol. The number of fused-ring (bicyclic) bond motifs is 1. The number of halogens is 3. The van der Waals surface area contributed by atoms with Gasteiger partial charge in [0, 0.05) is 30.6 Å². The van der Waals surface area contributed by atoms with Crippen molar-refractivity contribution >= 4 is 33.9 Å². The molecule has 0 atom stereocenters. The second kappa shape index (κ2) is 9.41. The van der Waals surface area contributed by atoms with E-state index in [9.17, 15) is 28.3 Å². The number of nitrogens with zero attached hydrogens (tertiary/aromatic N) is 2. The number of rotatable bonds is 7. The van der Waals surface area contributed by atoms with E-state index in [1.165, 1.54) is 37.6 Å². The van der Waals surface area contributed by atoms with Gasteiger partial charge in [0.1, 0.15) is 22.1 Å². The largest absolute Gasteiger partial charge is 0.496 e. The minimum absolute atomic E-state index is 0.00573. The number of aromatic amines is 1. The second-order valence-corrected chi connectivity index (χ2v) is 8.49. The quantitative estimate of drug-likeness (QED) is 0.383. The molecule has 0 aliphatic heterocycles. The molecule has 4 aromatic rings. The van der Waals surface area contributed by atoms with E-state index in [4.69, 9.17) is 9.47 Å². The highest BCUT2D eigenvalue weighted by atomic mass is 32.1. The highest BCUT2D eigenvalue weighted by molar-refractivity contribution is 7.13. The maximum atomic E-state index is 15.1. The van der Waals surface area contributed by atoms with E-state index in [-0.39, 0.29) is 45.1 Å². The molecule has 188 valence electrons. The van der Waals surface area contributed by atoms with Gasteiger partial charge in [-0.15, -0.1) is 11.3 Å². The maximum Gasteiger partial charge on any atom is 0.346 e. The number of hydrogen-bond donors (Lipinski definition) is 2. The number of aromatic nitrogens is 2. The van der Waals surface area contributed by atoms with Crippen molar-refractivity contribution in [1.29, 1.82) is 0 Å². The van der Waals surface area contributed by atoms with Crippen LogP contribution in [0.1, 0.15) is 15.2 Å². The van der Waals surface area contributed by atoms with Gasteiger partial charge in [-0.25, -0.2) is 27.3 Å². The van der Waals surface area contributed by atoms with E-state index in [0.29, 0.717) is 4.57 Å². The summed E-state index contributed by atoms with van der Waals surface area (Å²) in [5, 5.41) is 10.4. The van der Waals surface area contributed by atoms with E-state index in [1.54, 1.807) is 0 Å². The monoisotopic (exact) mass is 521 g/mol. The van der Waals surface area contributed by atoms with Gasteiger partial charge in [-0.3, -0.25) is 4.79 Å². The first-order valence-electron chi connectivity index (χ1n) is 10.2. The summed E-state index contributed by atoms with van der Waals surface area (Å²) in [7, 11) is 3.97. The molecule has 0 saturated carbocycles. The number of nitrogens with one attached hydrogen (secondary N) is 1. The summed E-state index contributed by atoms with van der Waals surface area (Å²) < 4.78 is 54.4. The van der Waals surface area contributed by atoms with Gasteiger partial charge in [-0.2, -0.15) is 0 Å². The lowest BCUT2D eigenvalue weighted by Crippen LogP contribution is -2.34. The molecule has 0 bridgehead atoms. The van der Waals surface area contributed by atoms with Gasteiger partial charge in [0.25, 0.3) is 5.56 Å². The van der Waals surface area contributed by atoms with Crippen LogP contribution in [0.4, 0.5) is 18.9 Å². The normalized spacial score (nSPS) is 11.1. The molecule has 36 heavy (non-hydrogen) atoms. The van der Waals surface area contributed by atoms with Crippen LogP contribution in [0.2, 0.25) is 0 Å². The molecule has 9 nitrogen and oxygen atoms in total. The van der Waals surface area contributed by atoms with E-state index in [1.807, 2.05) is 0 Å². The third-order valence-corrected chi connectivity index (χ3v) is 6.45.